The molecule has 0 saturated carbocycles. The average molecular weight is 518 g/mol. The molecular formula is C25H26F3N5O2S. The molecule has 0 saturated heterocycles. The first-order chi connectivity index (χ1) is 17.1. The van der Waals surface area contributed by atoms with Gasteiger partial charge in [0.25, 0.3) is 0 Å². The molecule has 0 bridgehead atoms. The number of aromatic nitrogens is 3. The van der Waals surface area contributed by atoms with Gasteiger partial charge in [0.05, 0.1) is 17.7 Å². The van der Waals surface area contributed by atoms with Crippen molar-refractivity contribution >= 4 is 35.0 Å². The molecule has 0 spiro atoms. The van der Waals surface area contributed by atoms with Crippen LogP contribution in [0.2, 0.25) is 0 Å². The Hall–Kier alpha value is -3.60. The van der Waals surface area contributed by atoms with E-state index in [1.54, 1.807) is 10.6 Å². The average Bonchev–Trinajstić information content (AvgIpc) is 3.19. The van der Waals surface area contributed by atoms with Crippen molar-refractivity contribution in [3.63, 3.8) is 0 Å². The van der Waals surface area contributed by atoms with Crippen molar-refractivity contribution in [3.05, 3.63) is 78.1 Å². The number of halogens is 3. The lowest BCUT2D eigenvalue weighted by atomic mass is 10.0. The summed E-state index contributed by atoms with van der Waals surface area (Å²) in [5, 5.41) is 13.8. The molecule has 2 amide bonds. The number of carbonyl (C=O) groups is 2. The topological polar surface area (TPSA) is 88.9 Å². The van der Waals surface area contributed by atoms with E-state index in [0.29, 0.717) is 29.1 Å². The SMILES string of the molecule is C=CCn1c(CC(=O)Nc2cccc(C(F)(F)F)c2)nnc1SCC(=O)Nc1ccc(C(C)C)cc1. The Labute approximate surface area is 211 Å². The molecule has 0 aliphatic carbocycles. The summed E-state index contributed by atoms with van der Waals surface area (Å²) in [6, 6.07) is 12.0. The maximum absolute atomic E-state index is 12.9. The second-order valence-corrected chi connectivity index (χ2v) is 9.16. The van der Waals surface area contributed by atoms with Crippen molar-refractivity contribution in [1.29, 1.82) is 0 Å². The van der Waals surface area contributed by atoms with E-state index in [4.69, 9.17) is 0 Å². The number of nitrogens with one attached hydrogen (secondary N) is 2. The number of alkyl halides is 3. The van der Waals surface area contributed by atoms with Gasteiger partial charge in [-0.15, -0.1) is 16.8 Å². The zero-order chi connectivity index (χ0) is 26.3. The van der Waals surface area contributed by atoms with Crippen LogP contribution < -0.4 is 10.6 Å². The lowest BCUT2D eigenvalue weighted by molar-refractivity contribution is -0.137. The van der Waals surface area contributed by atoms with Gasteiger partial charge in [-0.25, -0.2) is 0 Å². The summed E-state index contributed by atoms with van der Waals surface area (Å²) < 4.78 is 40.4. The Morgan fingerprint density at radius 1 is 1.06 bits per heavy atom. The predicted molar refractivity (Wildman–Crippen MR) is 134 cm³/mol. The molecule has 7 nitrogen and oxygen atoms in total. The van der Waals surface area contributed by atoms with Crippen LogP contribution in [0.1, 0.15) is 36.7 Å². The standard InChI is InChI=1S/C25H26F3N5O2S/c1-4-12-33-21(14-22(34)30-20-7-5-6-18(13-20)25(26,27)28)31-32-24(33)36-15-23(35)29-19-10-8-17(9-11-19)16(2)3/h4-11,13,16H,1,12,14-15H2,2-3H3,(H,29,35)(H,30,34). The van der Waals surface area contributed by atoms with E-state index < -0.39 is 17.6 Å². The van der Waals surface area contributed by atoms with Gasteiger partial charge < -0.3 is 15.2 Å². The third-order valence-corrected chi connectivity index (χ3v) is 6.06. The third-order valence-electron chi connectivity index (χ3n) is 5.09. The fourth-order valence-corrected chi connectivity index (χ4v) is 4.04. The first-order valence-electron chi connectivity index (χ1n) is 11.1. The number of benzene rings is 2. The highest BCUT2D eigenvalue weighted by Gasteiger charge is 2.30. The van der Waals surface area contributed by atoms with Gasteiger partial charge in [-0.2, -0.15) is 13.2 Å². The summed E-state index contributed by atoms with van der Waals surface area (Å²) in [6.07, 6.45) is -3.13. The third kappa shape index (κ3) is 7.45. The highest BCUT2D eigenvalue weighted by atomic mass is 32.2. The van der Waals surface area contributed by atoms with Gasteiger partial charge >= 0.3 is 6.18 Å². The molecule has 190 valence electrons. The number of nitrogens with zero attached hydrogens (tertiary/aromatic N) is 3. The maximum Gasteiger partial charge on any atom is 0.416 e. The summed E-state index contributed by atoms with van der Waals surface area (Å²) in [5.74, 6) is -0.0210. The van der Waals surface area contributed by atoms with Crippen LogP contribution in [0.5, 0.6) is 0 Å². The lowest BCUT2D eigenvalue weighted by Crippen LogP contribution is -2.18. The molecule has 2 N–H and O–H groups in total. The van der Waals surface area contributed by atoms with Crippen molar-refractivity contribution in [2.45, 2.75) is 44.1 Å². The number of hydrogen-bond donors (Lipinski definition) is 2. The molecule has 0 aliphatic rings. The normalized spacial score (nSPS) is 11.4. The largest absolute Gasteiger partial charge is 0.416 e. The summed E-state index contributed by atoms with van der Waals surface area (Å²) >= 11 is 1.15. The Balaban J connectivity index is 1.61. The fraction of sp³-hybridized carbons (Fsp3) is 0.280. The lowest BCUT2D eigenvalue weighted by Gasteiger charge is -2.11. The molecule has 1 heterocycles. The van der Waals surface area contributed by atoms with Crippen molar-refractivity contribution in [2.75, 3.05) is 16.4 Å². The Morgan fingerprint density at radius 2 is 1.75 bits per heavy atom. The van der Waals surface area contributed by atoms with Gasteiger partial charge in [-0.05, 0) is 41.8 Å². The van der Waals surface area contributed by atoms with Crippen LogP contribution >= 0.6 is 11.8 Å². The highest BCUT2D eigenvalue weighted by Crippen LogP contribution is 2.30. The number of thioether (sulfide) groups is 1. The van der Waals surface area contributed by atoms with E-state index in [1.807, 2.05) is 24.3 Å². The molecule has 0 fully saturated rings. The Bertz CT molecular complexity index is 1220. The van der Waals surface area contributed by atoms with Crippen molar-refractivity contribution in [3.8, 4) is 0 Å². The van der Waals surface area contributed by atoms with E-state index in [0.717, 1.165) is 23.9 Å². The van der Waals surface area contributed by atoms with Gasteiger partial charge in [-0.1, -0.05) is 49.9 Å². The van der Waals surface area contributed by atoms with Gasteiger partial charge in [0.2, 0.25) is 11.8 Å². The molecule has 1 aromatic heterocycles. The number of rotatable bonds is 10. The monoisotopic (exact) mass is 517 g/mol. The minimum atomic E-state index is -4.51. The zero-order valence-electron chi connectivity index (χ0n) is 19.8. The number of amides is 2. The van der Waals surface area contributed by atoms with E-state index >= 15 is 0 Å². The number of allylic oxidation sites excluding steroid dienone is 1. The second kappa shape index (κ2) is 11.9. The molecule has 2 aromatic carbocycles. The quantitative estimate of drug-likeness (QED) is 0.273. The van der Waals surface area contributed by atoms with E-state index in [-0.39, 0.29) is 23.8 Å². The number of anilines is 2. The van der Waals surface area contributed by atoms with Gasteiger partial charge in [0.1, 0.15) is 5.82 Å². The molecule has 0 radical (unpaired) electrons. The smallest absolute Gasteiger partial charge is 0.326 e. The minimum Gasteiger partial charge on any atom is -0.326 e. The molecular weight excluding hydrogens is 491 g/mol. The van der Waals surface area contributed by atoms with E-state index in [2.05, 4.69) is 41.3 Å². The van der Waals surface area contributed by atoms with Crippen LogP contribution in [0.3, 0.4) is 0 Å². The molecule has 0 unspecified atom stereocenters. The molecule has 3 aromatic rings. The summed E-state index contributed by atoms with van der Waals surface area (Å²) in [5.41, 5.74) is 1.02. The summed E-state index contributed by atoms with van der Waals surface area (Å²) in [4.78, 5) is 24.9. The molecule has 0 atom stereocenters. The van der Waals surface area contributed by atoms with Crippen LogP contribution in [0.25, 0.3) is 0 Å². The van der Waals surface area contributed by atoms with Crippen LogP contribution in [-0.2, 0) is 28.7 Å². The fourth-order valence-electron chi connectivity index (χ4n) is 3.27. The first-order valence-corrected chi connectivity index (χ1v) is 12.1. The zero-order valence-corrected chi connectivity index (χ0v) is 20.6. The predicted octanol–water partition coefficient (Wildman–Crippen LogP) is 5.52. The van der Waals surface area contributed by atoms with E-state index in [1.165, 1.54) is 17.7 Å². The Morgan fingerprint density at radius 3 is 2.39 bits per heavy atom. The second-order valence-electron chi connectivity index (χ2n) is 8.22. The van der Waals surface area contributed by atoms with Crippen LogP contribution in [0.15, 0.2) is 66.3 Å². The number of carbonyl (C=O) groups excluding carboxylic acids is 2. The molecule has 36 heavy (non-hydrogen) atoms. The van der Waals surface area contributed by atoms with Crippen LogP contribution in [0, 0.1) is 0 Å². The summed E-state index contributed by atoms with van der Waals surface area (Å²) in [6.45, 7) is 8.17. The van der Waals surface area contributed by atoms with Gasteiger partial charge in [-0.3, -0.25) is 9.59 Å². The molecule has 0 aliphatic heterocycles. The van der Waals surface area contributed by atoms with Crippen molar-refractivity contribution < 1.29 is 22.8 Å². The van der Waals surface area contributed by atoms with Crippen LogP contribution in [0.4, 0.5) is 24.5 Å². The summed E-state index contributed by atoms with van der Waals surface area (Å²) in [7, 11) is 0. The molecule has 3 rings (SSSR count). The first kappa shape index (κ1) is 27.0. The van der Waals surface area contributed by atoms with E-state index in [9.17, 15) is 22.8 Å². The van der Waals surface area contributed by atoms with Gasteiger partial charge in [0.15, 0.2) is 5.16 Å². The van der Waals surface area contributed by atoms with Crippen molar-refractivity contribution in [2.24, 2.45) is 0 Å². The molecule has 11 heteroatoms. The number of hydrogen-bond acceptors (Lipinski definition) is 5. The van der Waals surface area contributed by atoms with Gasteiger partial charge in [0, 0.05) is 17.9 Å². The van der Waals surface area contributed by atoms with Crippen LogP contribution in [-0.4, -0.2) is 32.3 Å². The minimum absolute atomic E-state index is 0.0253. The highest BCUT2D eigenvalue weighted by molar-refractivity contribution is 7.99. The van der Waals surface area contributed by atoms with Crippen molar-refractivity contribution in [1.82, 2.24) is 14.8 Å². The Kier molecular flexibility index (Phi) is 8.92. The maximum atomic E-state index is 12.9.